The van der Waals surface area contributed by atoms with Crippen LogP contribution in [0.25, 0.3) is 0 Å². The third-order valence-corrected chi connectivity index (χ3v) is 4.31. The second-order valence-electron chi connectivity index (χ2n) is 6.51. The molecule has 4 rings (SSSR count). The van der Waals surface area contributed by atoms with Crippen molar-refractivity contribution >= 4 is 34.9 Å². The Bertz CT molecular complexity index is 1010. The van der Waals surface area contributed by atoms with E-state index >= 15 is 0 Å². The summed E-state index contributed by atoms with van der Waals surface area (Å²) < 4.78 is 0. The first-order valence-corrected chi connectivity index (χ1v) is 8.68. The first-order chi connectivity index (χ1) is 13.0. The molecule has 134 valence electrons. The second kappa shape index (κ2) is 6.64. The van der Waals surface area contributed by atoms with Gasteiger partial charge in [0.15, 0.2) is 11.7 Å². The highest BCUT2D eigenvalue weighted by Gasteiger charge is 2.36. The van der Waals surface area contributed by atoms with Gasteiger partial charge in [0.05, 0.1) is 11.4 Å². The third kappa shape index (κ3) is 3.29. The van der Waals surface area contributed by atoms with Gasteiger partial charge in [-0.05, 0) is 38.1 Å². The van der Waals surface area contributed by atoms with E-state index in [-0.39, 0.29) is 5.91 Å². The Balaban J connectivity index is 1.79. The van der Waals surface area contributed by atoms with Crippen LogP contribution in [0, 0.1) is 13.8 Å². The van der Waals surface area contributed by atoms with Crippen LogP contribution in [0.4, 0.5) is 11.4 Å². The molecule has 0 aliphatic carbocycles. The third-order valence-electron chi connectivity index (χ3n) is 4.31. The SMILES string of the molecule is CC(=O)N1C=CN2C(=Nc3ccc(C)cc3)C(=Nc3ccc(C)cc3)N=C12. The minimum Gasteiger partial charge on any atom is -0.274 e. The van der Waals surface area contributed by atoms with Gasteiger partial charge in [0.1, 0.15) is 0 Å². The van der Waals surface area contributed by atoms with Crippen LogP contribution in [0.5, 0.6) is 0 Å². The maximum atomic E-state index is 11.9. The number of benzene rings is 2. The first kappa shape index (κ1) is 16.9. The molecule has 0 N–H and O–H groups in total. The van der Waals surface area contributed by atoms with Crippen molar-refractivity contribution in [3.63, 3.8) is 0 Å². The van der Waals surface area contributed by atoms with Gasteiger partial charge in [-0.15, -0.1) is 0 Å². The summed E-state index contributed by atoms with van der Waals surface area (Å²) >= 11 is 0. The van der Waals surface area contributed by atoms with Crippen molar-refractivity contribution in [3.05, 3.63) is 72.1 Å². The Labute approximate surface area is 157 Å². The lowest BCUT2D eigenvalue weighted by molar-refractivity contribution is -0.123. The zero-order valence-corrected chi connectivity index (χ0v) is 15.4. The van der Waals surface area contributed by atoms with E-state index in [1.807, 2.05) is 62.4 Å². The number of fused-ring (bicyclic) bond motifs is 1. The number of guanidine groups is 1. The van der Waals surface area contributed by atoms with Gasteiger partial charge in [-0.2, -0.15) is 4.99 Å². The standard InChI is InChI=1S/C21H19N5O/c1-14-4-8-17(9-5-14)22-19-20(23-18-10-6-15(2)7-11-18)26-13-12-25(16(3)27)21(26)24-19/h4-13H,1-3H3. The minimum absolute atomic E-state index is 0.112. The van der Waals surface area contributed by atoms with Crippen molar-refractivity contribution in [2.24, 2.45) is 15.0 Å². The lowest BCUT2D eigenvalue weighted by atomic mass is 10.2. The normalized spacial score (nSPS) is 18.4. The molecule has 6 heteroatoms. The van der Waals surface area contributed by atoms with Crippen LogP contribution < -0.4 is 0 Å². The van der Waals surface area contributed by atoms with Crippen LogP contribution in [0.2, 0.25) is 0 Å². The average Bonchev–Trinajstić information content (AvgIpc) is 3.19. The van der Waals surface area contributed by atoms with Crippen molar-refractivity contribution in [2.75, 3.05) is 0 Å². The Hall–Kier alpha value is -3.54. The molecule has 2 aliphatic rings. The molecule has 2 aromatic carbocycles. The molecule has 0 unspecified atom stereocenters. The molecule has 0 bridgehead atoms. The maximum Gasteiger partial charge on any atom is 0.230 e. The lowest BCUT2D eigenvalue weighted by Gasteiger charge is -2.14. The van der Waals surface area contributed by atoms with Crippen LogP contribution >= 0.6 is 0 Å². The number of hydrogen-bond donors (Lipinski definition) is 0. The van der Waals surface area contributed by atoms with E-state index in [2.05, 4.69) is 9.98 Å². The highest BCUT2D eigenvalue weighted by atomic mass is 16.2. The molecule has 0 saturated heterocycles. The van der Waals surface area contributed by atoms with Crippen LogP contribution in [0.1, 0.15) is 18.1 Å². The van der Waals surface area contributed by atoms with Gasteiger partial charge in [-0.1, -0.05) is 35.4 Å². The summed E-state index contributed by atoms with van der Waals surface area (Å²) in [4.78, 5) is 29.1. The van der Waals surface area contributed by atoms with Crippen LogP contribution in [0.15, 0.2) is 75.9 Å². The zero-order chi connectivity index (χ0) is 19.0. The van der Waals surface area contributed by atoms with Gasteiger partial charge >= 0.3 is 0 Å². The molecule has 0 fully saturated rings. The fourth-order valence-electron chi connectivity index (χ4n) is 2.82. The van der Waals surface area contributed by atoms with Gasteiger partial charge in [0.2, 0.25) is 11.9 Å². The summed E-state index contributed by atoms with van der Waals surface area (Å²) in [5.41, 5.74) is 3.92. The van der Waals surface area contributed by atoms with Gasteiger partial charge in [-0.3, -0.25) is 14.6 Å². The van der Waals surface area contributed by atoms with Crippen molar-refractivity contribution in [1.29, 1.82) is 0 Å². The highest BCUT2D eigenvalue weighted by molar-refractivity contribution is 6.50. The average molecular weight is 357 g/mol. The van der Waals surface area contributed by atoms with E-state index in [0.29, 0.717) is 17.6 Å². The Morgan fingerprint density at radius 2 is 1.41 bits per heavy atom. The predicted octanol–water partition coefficient (Wildman–Crippen LogP) is 4.07. The van der Waals surface area contributed by atoms with Gasteiger partial charge < -0.3 is 0 Å². The van der Waals surface area contributed by atoms with Gasteiger partial charge in [0, 0.05) is 19.3 Å². The molecule has 6 nitrogen and oxygen atoms in total. The van der Waals surface area contributed by atoms with Crippen molar-refractivity contribution in [1.82, 2.24) is 9.80 Å². The molecule has 2 aliphatic heterocycles. The fraction of sp³-hybridized carbons (Fsp3) is 0.143. The molecule has 0 saturated carbocycles. The van der Waals surface area contributed by atoms with Crippen molar-refractivity contribution in [3.8, 4) is 0 Å². The number of aliphatic imine (C=N–C) groups is 3. The number of carbonyl (C=O) groups excluding carboxylic acids is 1. The number of hydrogen-bond acceptors (Lipinski definition) is 3. The van der Waals surface area contributed by atoms with Gasteiger partial charge in [-0.25, -0.2) is 9.98 Å². The quantitative estimate of drug-likeness (QED) is 0.813. The van der Waals surface area contributed by atoms with Crippen molar-refractivity contribution in [2.45, 2.75) is 20.8 Å². The largest absolute Gasteiger partial charge is 0.274 e. The molecule has 2 aromatic rings. The molecule has 0 spiro atoms. The molecule has 27 heavy (non-hydrogen) atoms. The van der Waals surface area contributed by atoms with Crippen LogP contribution in [-0.2, 0) is 4.79 Å². The number of aryl methyl sites for hydroxylation is 2. The Kier molecular flexibility index (Phi) is 4.16. The summed E-state index contributed by atoms with van der Waals surface area (Å²) in [5, 5.41) is 0. The van der Waals surface area contributed by atoms with E-state index in [4.69, 9.17) is 4.99 Å². The fourth-order valence-corrected chi connectivity index (χ4v) is 2.82. The maximum absolute atomic E-state index is 11.9. The number of carbonyl (C=O) groups is 1. The molecule has 0 atom stereocenters. The number of amides is 1. The number of rotatable bonds is 2. The molecule has 1 amide bonds. The van der Waals surface area contributed by atoms with Crippen LogP contribution in [-0.4, -0.2) is 33.3 Å². The smallest absolute Gasteiger partial charge is 0.230 e. The summed E-state index contributed by atoms with van der Waals surface area (Å²) in [6.07, 6.45) is 3.47. The van der Waals surface area contributed by atoms with Crippen LogP contribution in [0.3, 0.4) is 0 Å². The van der Waals surface area contributed by atoms with E-state index < -0.39 is 0 Å². The summed E-state index contributed by atoms with van der Waals surface area (Å²) in [7, 11) is 0. The second-order valence-corrected chi connectivity index (χ2v) is 6.51. The van der Waals surface area contributed by atoms with E-state index in [0.717, 1.165) is 16.9 Å². The zero-order valence-electron chi connectivity index (χ0n) is 15.4. The molecular formula is C21H19N5O. The van der Waals surface area contributed by atoms with Gasteiger partial charge in [0.25, 0.3) is 0 Å². The number of amidine groups is 2. The van der Waals surface area contributed by atoms with E-state index in [1.165, 1.54) is 17.4 Å². The summed E-state index contributed by atoms with van der Waals surface area (Å²) in [6.45, 7) is 5.57. The first-order valence-electron chi connectivity index (χ1n) is 8.68. The van der Waals surface area contributed by atoms with Crippen molar-refractivity contribution < 1.29 is 4.79 Å². The summed E-state index contributed by atoms with van der Waals surface area (Å²) in [6, 6.07) is 15.8. The van der Waals surface area contributed by atoms with E-state index in [9.17, 15) is 4.79 Å². The van der Waals surface area contributed by atoms with E-state index in [1.54, 1.807) is 17.3 Å². The minimum atomic E-state index is -0.112. The molecular weight excluding hydrogens is 338 g/mol. The molecule has 0 aromatic heterocycles. The highest BCUT2D eigenvalue weighted by Crippen LogP contribution is 2.24. The Morgan fingerprint density at radius 1 is 0.852 bits per heavy atom. The lowest BCUT2D eigenvalue weighted by Crippen LogP contribution is -2.35. The monoisotopic (exact) mass is 357 g/mol. The molecule has 2 heterocycles. The molecule has 0 radical (unpaired) electrons. The predicted molar refractivity (Wildman–Crippen MR) is 107 cm³/mol. The Morgan fingerprint density at radius 3 is 1.96 bits per heavy atom. The summed E-state index contributed by atoms with van der Waals surface area (Å²) in [5.74, 6) is 1.46. The number of nitrogens with zero attached hydrogens (tertiary/aromatic N) is 5. The topological polar surface area (TPSA) is 60.6 Å².